The Hall–Kier alpha value is -1.98. The van der Waals surface area contributed by atoms with Gasteiger partial charge in [-0.05, 0) is 18.4 Å². The van der Waals surface area contributed by atoms with E-state index in [4.69, 9.17) is 19.2 Å². The molecule has 0 aromatic carbocycles. The van der Waals surface area contributed by atoms with Gasteiger partial charge in [-0.1, -0.05) is 11.2 Å². The third-order valence-corrected chi connectivity index (χ3v) is 5.32. The molecule has 7 nitrogen and oxygen atoms in total. The number of aryl methyl sites for hydroxylation is 1. The van der Waals surface area contributed by atoms with Gasteiger partial charge in [-0.2, -0.15) is 18.2 Å². The Balaban J connectivity index is 0.000000260. The van der Waals surface area contributed by atoms with E-state index >= 15 is 0 Å². The molecule has 0 amide bonds. The molecule has 4 heterocycles. The lowest BCUT2D eigenvalue weighted by atomic mass is 9.93. The molecule has 4 rings (SSSR count). The van der Waals surface area contributed by atoms with Crippen LogP contribution in [0, 0.1) is 12.8 Å². The minimum atomic E-state index is -5.08. The highest BCUT2D eigenvalue weighted by atomic mass is 32.1. The monoisotopic (exact) mass is 405 g/mol. The van der Waals surface area contributed by atoms with Crippen molar-refractivity contribution >= 4 is 17.3 Å². The summed E-state index contributed by atoms with van der Waals surface area (Å²) in [5.74, 6) is -0.568. The second kappa shape index (κ2) is 7.95. The molecule has 0 spiro atoms. The van der Waals surface area contributed by atoms with Crippen molar-refractivity contribution in [1.82, 2.24) is 15.0 Å². The van der Waals surface area contributed by atoms with E-state index in [1.165, 1.54) is 4.88 Å². The highest BCUT2D eigenvalue weighted by Gasteiger charge is 2.46. The first-order valence-corrected chi connectivity index (χ1v) is 9.08. The summed E-state index contributed by atoms with van der Waals surface area (Å²) in [6, 6.07) is 4.30. The van der Waals surface area contributed by atoms with Gasteiger partial charge >= 0.3 is 12.1 Å². The zero-order valence-electron chi connectivity index (χ0n) is 14.3. The molecule has 3 atom stereocenters. The highest BCUT2D eigenvalue weighted by molar-refractivity contribution is 7.09. The van der Waals surface area contributed by atoms with Gasteiger partial charge in [-0.3, -0.25) is 4.90 Å². The van der Waals surface area contributed by atoms with E-state index in [9.17, 15) is 13.2 Å². The van der Waals surface area contributed by atoms with Crippen molar-refractivity contribution in [1.29, 1.82) is 0 Å². The minimum Gasteiger partial charge on any atom is -0.475 e. The molecule has 0 unspecified atom stereocenters. The summed E-state index contributed by atoms with van der Waals surface area (Å²) >= 11 is 1.82. The first-order valence-electron chi connectivity index (χ1n) is 8.20. The predicted octanol–water partition coefficient (Wildman–Crippen LogP) is 2.69. The van der Waals surface area contributed by atoms with E-state index in [1.807, 2.05) is 18.3 Å². The van der Waals surface area contributed by atoms with E-state index in [0.29, 0.717) is 24.5 Å². The lowest BCUT2D eigenvalue weighted by Gasteiger charge is -2.17. The van der Waals surface area contributed by atoms with E-state index in [-0.39, 0.29) is 5.92 Å². The number of carboxylic acids is 1. The zero-order chi connectivity index (χ0) is 19.6. The third-order valence-electron chi connectivity index (χ3n) is 4.45. The van der Waals surface area contributed by atoms with Gasteiger partial charge in [-0.25, -0.2) is 4.79 Å². The van der Waals surface area contributed by atoms with Crippen LogP contribution in [-0.4, -0.2) is 58.1 Å². The second-order valence-corrected chi connectivity index (χ2v) is 7.43. The number of likely N-dealkylation sites (tertiary alicyclic amines) is 1. The summed E-state index contributed by atoms with van der Waals surface area (Å²) in [6.07, 6.45) is -4.77. The number of aromatic nitrogens is 2. The minimum absolute atomic E-state index is 0.259. The van der Waals surface area contributed by atoms with Crippen LogP contribution in [0.1, 0.15) is 22.5 Å². The number of nitrogens with zero attached hydrogens (tertiary/aromatic N) is 3. The number of fused-ring (bicyclic) bond motifs is 1. The molecule has 2 aliphatic heterocycles. The Labute approximate surface area is 156 Å². The fourth-order valence-corrected chi connectivity index (χ4v) is 4.01. The van der Waals surface area contributed by atoms with Gasteiger partial charge in [0.1, 0.15) is 0 Å². The molecule has 2 aromatic heterocycles. The van der Waals surface area contributed by atoms with Gasteiger partial charge in [0, 0.05) is 30.4 Å². The molecule has 0 saturated carbocycles. The molecule has 148 valence electrons. The van der Waals surface area contributed by atoms with E-state index in [2.05, 4.69) is 32.6 Å². The van der Waals surface area contributed by atoms with Crippen molar-refractivity contribution in [2.24, 2.45) is 5.92 Å². The molecule has 0 radical (unpaired) electrons. The van der Waals surface area contributed by atoms with E-state index in [1.54, 1.807) is 0 Å². The van der Waals surface area contributed by atoms with Crippen molar-refractivity contribution in [3.05, 3.63) is 34.1 Å². The first kappa shape index (κ1) is 19.8. The van der Waals surface area contributed by atoms with Crippen LogP contribution in [0.2, 0.25) is 0 Å². The average Bonchev–Trinajstić information content (AvgIpc) is 3.32. The maximum absolute atomic E-state index is 10.6. The van der Waals surface area contributed by atoms with Crippen LogP contribution in [0.15, 0.2) is 22.0 Å². The van der Waals surface area contributed by atoms with Crippen LogP contribution in [0.25, 0.3) is 0 Å². The van der Waals surface area contributed by atoms with Crippen LogP contribution >= 0.6 is 11.3 Å². The van der Waals surface area contributed by atoms with E-state index in [0.717, 1.165) is 25.5 Å². The topological polar surface area (TPSA) is 88.7 Å². The van der Waals surface area contributed by atoms with Crippen molar-refractivity contribution in [3.63, 3.8) is 0 Å². The maximum atomic E-state index is 10.6. The van der Waals surface area contributed by atoms with Crippen molar-refractivity contribution in [3.8, 4) is 0 Å². The van der Waals surface area contributed by atoms with Crippen molar-refractivity contribution in [2.45, 2.75) is 31.7 Å². The van der Waals surface area contributed by atoms with Crippen molar-refractivity contribution < 1.29 is 32.3 Å². The summed E-state index contributed by atoms with van der Waals surface area (Å²) in [6.45, 7) is 5.65. The molecule has 2 aliphatic rings. The molecule has 1 N–H and O–H groups in total. The summed E-state index contributed by atoms with van der Waals surface area (Å²) < 4.78 is 43.0. The molecular formula is C16H18F3N3O4S. The fraction of sp³-hybridized carbons (Fsp3) is 0.562. The molecule has 0 aliphatic carbocycles. The Morgan fingerprint density at radius 3 is 2.74 bits per heavy atom. The number of ether oxygens (including phenoxy) is 1. The number of rotatable bonds is 3. The Morgan fingerprint density at radius 1 is 1.44 bits per heavy atom. The quantitative estimate of drug-likeness (QED) is 0.840. The van der Waals surface area contributed by atoms with Crippen LogP contribution in [0.4, 0.5) is 13.2 Å². The van der Waals surface area contributed by atoms with Gasteiger partial charge in [-0.15, -0.1) is 11.3 Å². The fourth-order valence-electron chi connectivity index (χ4n) is 3.26. The maximum Gasteiger partial charge on any atom is 0.490 e. The van der Waals surface area contributed by atoms with Gasteiger partial charge in [0.2, 0.25) is 5.89 Å². The predicted molar refractivity (Wildman–Crippen MR) is 88.3 cm³/mol. The molecule has 2 aromatic rings. The standard InChI is InChI=1S/C14H17N3O2S.C2HF3O2/c1-9-15-14(19-16-9)12-8-18-13-7-17(6-11(12)13)5-10-3-2-4-20-10;3-2(4,5)1(6)7/h2-4,11-13H,5-8H2,1H3;(H,6,7)/t11-,12+,13-;/m1./s1. The normalized spacial score (nSPS) is 25.1. The van der Waals surface area contributed by atoms with Crippen LogP contribution < -0.4 is 0 Å². The molecule has 2 saturated heterocycles. The molecule has 2 fully saturated rings. The number of halogens is 3. The molecule has 27 heavy (non-hydrogen) atoms. The zero-order valence-corrected chi connectivity index (χ0v) is 15.2. The summed E-state index contributed by atoms with van der Waals surface area (Å²) in [5, 5.41) is 13.2. The average molecular weight is 405 g/mol. The summed E-state index contributed by atoms with van der Waals surface area (Å²) in [5.41, 5.74) is 0. The molecular weight excluding hydrogens is 387 g/mol. The number of carboxylic acid groups (broad SMARTS) is 1. The summed E-state index contributed by atoms with van der Waals surface area (Å²) in [7, 11) is 0. The van der Waals surface area contributed by atoms with E-state index < -0.39 is 12.1 Å². The van der Waals surface area contributed by atoms with Crippen LogP contribution in [-0.2, 0) is 16.1 Å². The first-order chi connectivity index (χ1) is 12.7. The number of alkyl halides is 3. The number of hydrogen-bond acceptors (Lipinski definition) is 7. The molecule has 0 bridgehead atoms. The highest BCUT2D eigenvalue weighted by Crippen LogP contribution is 2.39. The number of carbonyl (C=O) groups is 1. The number of thiophene rings is 1. The van der Waals surface area contributed by atoms with Crippen LogP contribution in [0.3, 0.4) is 0 Å². The summed E-state index contributed by atoms with van der Waals surface area (Å²) in [4.78, 5) is 17.2. The van der Waals surface area contributed by atoms with Gasteiger partial charge < -0.3 is 14.4 Å². The number of hydrogen-bond donors (Lipinski definition) is 1. The van der Waals surface area contributed by atoms with Gasteiger partial charge in [0.05, 0.1) is 18.6 Å². The molecule has 11 heteroatoms. The van der Waals surface area contributed by atoms with Gasteiger partial charge in [0.25, 0.3) is 0 Å². The smallest absolute Gasteiger partial charge is 0.475 e. The number of aliphatic carboxylic acids is 1. The lowest BCUT2D eigenvalue weighted by molar-refractivity contribution is -0.192. The second-order valence-electron chi connectivity index (χ2n) is 6.40. The Morgan fingerprint density at radius 2 is 2.19 bits per heavy atom. The van der Waals surface area contributed by atoms with Gasteiger partial charge in [0.15, 0.2) is 5.82 Å². The van der Waals surface area contributed by atoms with Crippen molar-refractivity contribution in [2.75, 3.05) is 19.7 Å². The van der Waals surface area contributed by atoms with Crippen LogP contribution in [0.5, 0.6) is 0 Å². The lowest BCUT2D eigenvalue weighted by Crippen LogP contribution is -2.23. The Bertz CT molecular complexity index is 765. The Kier molecular flexibility index (Phi) is 5.82. The third kappa shape index (κ3) is 4.85. The largest absolute Gasteiger partial charge is 0.490 e. The SMILES string of the molecule is Cc1noc([C@H]2CO[C@@H]3CN(Cc4cccs4)C[C@H]23)n1.O=C(O)C(F)(F)F.